The van der Waals surface area contributed by atoms with Gasteiger partial charge < -0.3 is 5.32 Å². The fourth-order valence-corrected chi connectivity index (χ4v) is 2.65. The number of rotatable bonds is 5. The summed E-state index contributed by atoms with van der Waals surface area (Å²) in [5, 5.41) is 2.21. The molecular weight excluding hydrogens is 359 g/mol. The Kier molecular flexibility index (Phi) is 5.48. The lowest BCUT2D eigenvalue weighted by Crippen LogP contribution is -2.23. The smallest absolute Gasteiger partial charge is 0.383 e. The van der Waals surface area contributed by atoms with Crippen LogP contribution < -0.4 is 5.32 Å². The SMILES string of the molecule is CC(C)S(=O)(=O)CCNc1cc(C(F)(F)F)ccc1Br. The van der Waals surface area contributed by atoms with Crippen LogP contribution in [0.4, 0.5) is 18.9 Å². The van der Waals surface area contributed by atoms with Gasteiger partial charge in [0.2, 0.25) is 0 Å². The Hall–Kier alpha value is -0.760. The first-order valence-corrected chi connectivity index (χ1v) is 8.37. The molecule has 0 aliphatic rings. The van der Waals surface area contributed by atoms with Crippen molar-refractivity contribution in [1.29, 1.82) is 0 Å². The number of halogens is 4. The zero-order valence-electron chi connectivity index (χ0n) is 11.0. The highest BCUT2D eigenvalue weighted by molar-refractivity contribution is 9.10. The highest BCUT2D eigenvalue weighted by atomic mass is 79.9. The molecule has 0 aliphatic carbocycles. The summed E-state index contributed by atoms with van der Waals surface area (Å²) < 4.78 is 61.4. The standard InChI is InChI=1S/C12H15BrF3NO2S/c1-8(2)20(18,19)6-5-17-11-7-9(12(14,15)16)3-4-10(11)13/h3-4,7-8,17H,5-6H2,1-2H3. The molecule has 0 saturated heterocycles. The third-order valence-corrected chi connectivity index (χ3v) is 5.62. The summed E-state index contributed by atoms with van der Waals surface area (Å²) in [6, 6.07) is 3.19. The summed E-state index contributed by atoms with van der Waals surface area (Å²) in [5.41, 5.74) is -0.561. The second-order valence-electron chi connectivity index (χ2n) is 4.53. The number of nitrogens with one attached hydrogen (secondary N) is 1. The lowest BCUT2D eigenvalue weighted by Gasteiger charge is -2.13. The molecule has 1 aromatic rings. The maximum absolute atomic E-state index is 12.6. The van der Waals surface area contributed by atoms with E-state index >= 15 is 0 Å². The summed E-state index contributed by atoms with van der Waals surface area (Å²) in [6.45, 7) is 3.19. The van der Waals surface area contributed by atoms with Gasteiger partial charge in [-0.05, 0) is 48.0 Å². The van der Waals surface area contributed by atoms with Crippen LogP contribution in [0.2, 0.25) is 0 Å². The van der Waals surface area contributed by atoms with Crippen molar-refractivity contribution in [3.05, 3.63) is 28.2 Å². The second kappa shape index (κ2) is 6.34. The van der Waals surface area contributed by atoms with Gasteiger partial charge in [0.05, 0.1) is 16.6 Å². The predicted octanol–water partition coefficient (Wildman–Crippen LogP) is 3.70. The van der Waals surface area contributed by atoms with E-state index in [2.05, 4.69) is 21.2 Å². The average molecular weight is 374 g/mol. The third kappa shape index (κ3) is 4.66. The van der Waals surface area contributed by atoms with E-state index in [4.69, 9.17) is 0 Å². The lowest BCUT2D eigenvalue weighted by molar-refractivity contribution is -0.137. The van der Waals surface area contributed by atoms with Crippen molar-refractivity contribution in [2.75, 3.05) is 17.6 Å². The van der Waals surface area contributed by atoms with Gasteiger partial charge in [-0.2, -0.15) is 13.2 Å². The van der Waals surface area contributed by atoms with Crippen molar-refractivity contribution in [3.8, 4) is 0 Å². The maximum Gasteiger partial charge on any atom is 0.416 e. The van der Waals surface area contributed by atoms with Crippen LogP contribution in [0.1, 0.15) is 19.4 Å². The highest BCUT2D eigenvalue weighted by Crippen LogP contribution is 2.33. The van der Waals surface area contributed by atoms with Gasteiger partial charge in [-0.3, -0.25) is 0 Å². The largest absolute Gasteiger partial charge is 0.416 e. The molecule has 0 aliphatic heterocycles. The Bertz CT molecular complexity index is 571. The average Bonchev–Trinajstić information content (AvgIpc) is 2.29. The Balaban J connectivity index is 2.79. The van der Waals surface area contributed by atoms with E-state index in [1.165, 1.54) is 6.07 Å². The Morgan fingerprint density at radius 3 is 2.40 bits per heavy atom. The van der Waals surface area contributed by atoms with Crippen LogP contribution in [0.15, 0.2) is 22.7 Å². The first-order chi connectivity index (χ1) is 9.04. The molecule has 0 unspecified atom stereocenters. The van der Waals surface area contributed by atoms with Crippen molar-refractivity contribution in [2.45, 2.75) is 25.3 Å². The van der Waals surface area contributed by atoms with E-state index in [1.54, 1.807) is 13.8 Å². The minimum atomic E-state index is -4.43. The number of benzene rings is 1. The topological polar surface area (TPSA) is 46.2 Å². The number of hydrogen-bond donors (Lipinski definition) is 1. The summed E-state index contributed by atoms with van der Waals surface area (Å²) in [6.07, 6.45) is -4.43. The van der Waals surface area contributed by atoms with Gasteiger partial charge in [0.1, 0.15) is 0 Å². The van der Waals surface area contributed by atoms with Gasteiger partial charge >= 0.3 is 6.18 Å². The summed E-state index contributed by atoms with van der Waals surface area (Å²) >= 11 is 3.13. The Morgan fingerprint density at radius 1 is 1.30 bits per heavy atom. The molecule has 0 bridgehead atoms. The normalized spacial score (nSPS) is 12.8. The molecule has 1 rings (SSSR count). The van der Waals surface area contributed by atoms with Crippen LogP contribution in [-0.2, 0) is 16.0 Å². The lowest BCUT2D eigenvalue weighted by atomic mass is 10.2. The van der Waals surface area contributed by atoms with E-state index in [0.29, 0.717) is 4.47 Å². The van der Waals surface area contributed by atoms with Gasteiger partial charge in [0.25, 0.3) is 0 Å². The molecule has 0 radical (unpaired) electrons. The zero-order chi connectivity index (χ0) is 15.6. The first-order valence-electron chi connectivity index (χ1n) is 5.86. The van der Waals surface area contributed by atoms with Gasteiger partial charge in [-0.1, -0.05) is 0 Å². The van der Waals surface area contributed by atoms with E-state index in [9.17, 15) is 21.6 Å². The molecule has 0 saturated carbocycles. The van der Waals surface area contributed by atoms with Crippen LogP contribution in [-0.4, -0.2) is 26.0 Å². The summed E-state index contributed by atoms with van der Waals surface area (Å²) in [4.78, 5) is 0. The third-order valence-electron chi connectivity index (χ3n) is 2.71. The van der Waals surface area contributed by atoms with E-state index in [0.717, 1.165) is 12.1 Å². The molecule has 0 heterocycles. The molecular formula is C12H15BrF3NO2S. The van der Waals surface area contributed by atoms with E-state index < -0.39 is 26.8 Å². The molecule has 0 fully saturated rings. The van der Waals surface area contributed by atoms with Gasteiger partial charge in [-0.15, -0.1) is 0 Å². The fraction of sp³-hybridized carbons (Fsp3) is 0.500. The van der Waals surface area contributed by atoms with Crippen molar-refractivity contribution < 1.29 is 21.6 Å². The van der Waals surface area contributed by atoms with Crippen LogP contribution >= 0.6 is 15.9 Å². The predicted molar refractivity (Wildman–Crippen MR) is 76.6 cm³/mol. The van der Waals surface area contributed by atoms with Crippen LogP contribution in [0, 0.1) is 0 Å². The minimum absolute atomic E-state index is 0.0560. The molecule has 0 atom stereocenters. The van der Waals surface area contributed by atoms with Crippen molar-refractivity contribution in [3.63, 3.8) is 0 Å². The highest BCUT2D eigenvalue weighted by Gasteiger charge is 2.30. The zero-order valence-corrected chi connectivity index (χ0v) is 13.4. The molecule has 0 spiro atoms. The van der Waals surface area contributed by atoms with Gasteiger partial charge in [0.15, 0.2) is 9.84 Å². The second-order valence-corrected chi connectivity index (χ2v) is 8.07. The van der Waals surface area contributed by atoms with Crippen LogP contribution in [0.5, 0.6) is 0 Å². The summed E-state index contributed by atoms with van der Waals surface area (Å²) in [7, 11) is -3.22. The van der Waals surface area contributed by atoms with Crippen LogP contribution in [0.3, 0.4) is 0 Å². The summed E-state index contributed by atoms with van der Waals surface area (Å²) in [5.74, 6) is -0.132. The van der Waals surface area contributed by atoms with Crippen molar-refractivity contribution in [1.82, 2.24) is 0 Å². The minimum Gasteiger partial charge on any atom is -0.383 e. The van der Waals surface area contributed by atoms with Gasteiger partial charge in [0, 0.05) is 16.7 Å². The van der Waals surface area contributed by atoms with E-state index in [1.807, 2.05) is 0 Å². The molecule has 3 nitrogen and oxygen atoms in total. The quantitative estimate of drug-likeness (QED) is 0.855. The van der Waals surface area contributed by atoms with Crippen molar-refractivity contribution >= 4 is 31.5 Å². The number of anilines is 1. The Morgan fingerprint density at radius 2 is 1.90 bits per heavy atom. The molecule has 8 heteroatoms. The molecule has 0 amide bonds. The molecule has 20 heavy (non-hydrogen) atoms. The van der Waals surface area contributed by atoms with Gasteiger partial charge in [-0.25, -0.2) is 8.42 Å². The number of hydrogen-bond acceptors (Lipinski definition) is 3. The molecule has 1 aromatic carbocycles. The molecule has 114 valence electrons. The Labute approximate surface area is 124 Å². The maximum atomic E-state index is 12.6. The number of alkyl halides is 3. The van der Waals surface area contributed by atoms with Crippen molar-refractivity contribution in [2.24, 2.45) is 0 Å². The van der Waals surface area contributed by atoms with Crippen LogP contribution in [0.25, 0.3) is 0 Å². The molecule has 0 aromatic heterocycles. The first kappa shape index (κ1) is 17.3. The monoisotopic (exact) mass is 373 g/mol. The van der Waals surface area contributed by atoms with E-state index in [-0.39, 0.29) is 18.0 Å². The molecule has 1 N–H and O–H groups in total. The number of sulfone groups is 1. The fourth-order valence-electron chi connectivity index (χ4n) is 1.40.